The molecule has 10 heteroatoms. The third kappa shape index (κ3) is 8.29. The van der Waals surface area contributed by atoms with E-state index in [1.807, 2.05) is 0 Å². The summed E-state index contributed by atoms with van der Waals surface area (Å²) in [5.74, 6) is 0. The highest BCUT2D eigenvalue weighted by atomic mass is 31.3. The fourth-order valence-corrected chi connectivity index (χ4v) is 3.49. The quantitative estimate of drug-likeness (QED) is 0.350. The average Bonchev–Trinajstić information content (AvgIpc) is 2.36. The third-order valence-corrected chi connectivity index (χ3v) is 5.15. The Hall–Kier alpha value is -0.0400. The summed E-state index contributed by atoms with van der Waals surface area (Å²) in [6.45, 7) is 9.01. The summed E-state index contributed by atoms with van der Waals surface area (Å²) in [5.41, 5.74) is 3.23. The SMILES string of the molecule is C=C(C)CCOP(=O)(OC)OP(=O)(OC)ONC(C)C. The molecular formula is C10H23NO7P2. The molecule has 0 spiro atoms. The first-order chi connectivity index (χ1) is 9.16. The molecule has 0 amide bonds. The second kappa shape index (κ2) is 9.07. The van der Waals surface area contributed by atoms with Gasteiger partial charge in [-0.15, -0.1) is 6.58 Å². The maximum absolute atomic E-state index is 12.1. The molecule has 0 rings (SSSR count). The van der Waals surface area contributed by atoms with Gasteiger partial charge in [-0.05, 0) is 27.2 Å². The van der Waals surface area contributed by atoms with Crippen molar-refractivity contribution in [1.29, 1.82) is 0 Å². The molecule has 0 aliphatic carbocycles. The molecule has 0 aromatic rings. The highest BCUT2D eigenvalue weighted by Gasteiger charge is 2.39. The first-order valence-electron chi connectivity index (χ1n) is 5.92. The Morgan fingerprint density at radius 2 is 1.75 bits per heavy atom. The van der Waals surface area contributed by atoms with Gasteiger partial charge in [0, 0.05) is 20.3 Å². The van der Waals surface area contributed by atoms with Crippen molar-refractivity contribution in [3.63, 3.8) is 0 Å². The number of nitrogens with one attached hydrogen (secondary N) is 1. The molecule has 2 unspecified atom stereocenters. The number of phosphoric acid groups is 2. The highest BCUT2D eigenvalue weighted by molar-refractivity contribution is 7.62. The molecule has 20 heavy (non-hydrogen) atoms. The van der Waals surface area contributed by atoms with Gasteiger partial charge in [0.2, 0.25) is 0 Å². The van der Waals surface area contributed by atoms with Crippen molar-refractivity contribution in [2.24, 2.45) is 0 Å². The minimum Gasteiger partial charge on any atom is -0.290 e. The van der Waals surface area contributed by atoms with Gasteiger partial charge in [0.05, 0.1) is 6.61 Å². The van der Waals surface area contributed by atoms with E-state index in [0.29, 0.717) is 6.42 Å². The van der Waals surface area contributed by atoms with E-state index in [4.69, 9.17) is 13.5 Å². The average molecular weight is 331 g/mol. The Balaban J connectivity index is 4.66. The van der Waals surface area contributed by atoms with Gasteiger partial charge in [0.15, 0.2) is 0 Å². The van der Waals surface area contributed by atoms with E-state index < -0.39 is 15.6 Å². The number of hydrogen-bond acceptors (Lipinski definition) is 8. The fourth-order valence-electron chi connectivity index (χ4n) is 0.821. The Morgan fingerprint density at radius 3 is 2.15 bits per heavy atom. The van der Waals surface area contributed by atoms with E-state index in [0.717, 1.165) is 19.8 Å². The molecule has 0 aromatic carbocycles. The zero-order chi connectivity index (χ0) is 15.8. The Bertz CT molecular complexity index is 399. The van der Waals surface area contributed by atoms with Crippen LogP contribution in [0.1, 0.15) is 27.2 Å². The molecule has 1 N–H and O–H groups in total. The van der Waals surface area contributed by atoms with Crippen molar-refractivity contribution in [2.45, 2.75) is 33.2 Å². The van der Waals surface area contributed by atoms with Crippen LogP contribution in [0, 0.1) is 0 Å². The molecule has 0 aromatic heterocycles. The molecule has 0 fully saturated rings. The summed E-state index contributed by atoms with van der Waals surface area (Å²) in [5, 5.41) is 0. The lowest BCUT2D eigenvalue weighted by molar-refractivity contribution is 0.0830. The summed E-state index contributed by atoms with van der Waals surface area (Å²) in [6, 6.07) is -0.145. The standard InChI is InChI=1S/C10H23NO7P2/c1-9(2)7-8-16-19(12,14-5)18-20(13,15-6)17-11-10(3)4/h10-11H,1,7-8H2,2-6H3. The van der Waals surface area contributed by atoms with Gasteiger partial charge in [-0.25, -0.2) is 9.13 Å². The van der Waals surface area contributed by atoms with E-state index in [9.17, 15) is 9.13 Å². The minimum atomic E-state index is -4.10. The molecule has 0 heterocycles. The summed E-state index contributed by atoms with van der Waals surface area (Å²) < 4.78 is 48.0. The zero-order valence-corrected chi connectivity index (χ0v) is 14.2. The van der Waals surface area contributed by atoms with Crippen LogP contribution in [-0.4, -0.2) is 26.9 Å². The van der Waals surface area contributed by atoms with Gasteiger partial charge in [0.1, 0.15) is 0 Å². The van der Waals surface area contributed by atoms with Crippen LogP contribution in [0.2, 0.25) is 0 Å². The van der Waals surface area contributed by atoms with Crippen molar-refractivity contribution in [1.82, 2.24) is 5.48 Å². The molecule has 0 bridgehead atoms. The second-order valence-corrected chi connectivity index (χ2v) is 7.86. The largest absolute Gasteiger partial charge is 0.500 e. The van der Waals surface area contributed by atoms with Crippen LogP contribution in [-0.2, 0) is 31.6 Å². The van der Waals surface area contributed by atoms with Crippen LogP contribution in [0.4, 0.5) is 0 Å². The third-order valence-electron chi connectivity index (χ3n) is 1.83. The fraction of sp³-hybridized carbons (Fsp3) is 0.800. The molecular weight excluding hydrogens is 308 g/mol. The number of rotatable bonds is 11. The number of hydrogen-bond donors (Lipinski definition) is 1. The maximum atomic E-state index is 12.1. The molecule has 0 saturated carbocycles. The summed E-state index contributed by atoms with van der Waals surface area (Å²) >= 11 is 0. The first-order valence-corrected chi connectivity index (χ1v) is 8.84. The van der Waals surface area contributed by atoms with Gasteiger partial charge in [0.25, 0.3) is 0 Å². The monoisotopic (exact) mass is 331 g/mol. The van der Waals surface area contributed by atoms with Crippen LogP contribution in [0.5, 0.6) is 0 Å². The highest BCUT2D eigenvalue weighted by Crippen LogP contribution is 2.64. The predicted octanol–water partition coefficient (Wildman–Crippen LogP) is 3.42. The lowest BCUT2D eigenvalue weighted by Crippen LogP contribution is -2.22. The number of phosphoric ester groups is 1. The van der Waals surface area contributed by atoms with E-state index >= 15 is 0 Å². The lowest BCUT2D eigenvalue weighted by atomic mass is 10.3. The van der Waals surface area contributed by atoms with Crippen LogP contribution in [0.3, 0.4) is 0 Å². The summed E-state index contributed by atoms with van der Waals surface area (Å²) in [6.07, 6.45) is 0.457. The van der Waals surface area contributed by atoms with Crippen molar-refractivity contribution in [3.05, 3.63) is 12.2 Å². The first kappa shape index (κ1) is 20.0. The maximum Gasteiger partial charge on any atom is 0.500 e. The molecule has 2 atom stereocenters. The Kier molecular flexibility index (Phi) is 9.06. The normalized spacial score (nSPS) is 17.7. The van der Waals surface area contributed by atoms with E-state index in [1.54, 1.807) is 20.8 Å². The van der Waals surface area contributed by atoms with Crippen LogP contribution in [0.15, 0.2) is 12.2 Å². The minimum absolute atomic E-state index is 0.0434. The van der Waals surface area contributed by atoms with Crippen molar-refractivity contribution < 1.29 is 31.6 Å². The molecule has 0 radical (unpaired) electrons. The van der Waals surface area contributed by atoms with Crippen molar-refractivity contribution in [3.8, 4) is 0 Å². The summed E-state index contributed by atoms with van der Waals surface area (Å²) in [4.78, 5) is 0. The van der Waals surface area contributed by atoms with Gasteiger partial charge in [-0.1, -0.05) is 5.57 Å². The molecule has 0 saturated heterocycles. The molecule has 0 aliphatic rings. The van der Waals surface area contributed by atoms with Crippen LogP contribution in [0.25, 0.3) is 0 Å². The molecule has 120 valence electrons. The van der Waals surface area contributed by atoms with Gasteiger partial charge >= 0.3 is 15.6 Å². The van der Waals surface area contributed by atoms with E-state index in [1.165, 1.54) is 0 Å². The number of hydroxylamine groups is 1. The van der Waals surface area contributed by atoms with Gasteiger partial charge < -0.3 is 0 Å². The Labute approximate surface area is 120 Å². The summed E-state index contributed by atoms with van der Waals surface area (Å²) in [7, 11) is -5.95. The van der Waals surface area contributed by atoms with Crippen molar-refractivity contribution in [2.75, 3.05) is 20.8 Å². The molecule has 8 nitrogen and oxygen atoms in total. The van der Waals surface area contributed by atoms with Crippen LogP contribution < -0.4 is 5.48 Å². The smallest absolute Gasteiger partial charge is 0.290 e. The van der Waals surface area contributed by atoms with Crippen molar-refractivity contribution >= 4 is 15.6 Å². The lowest BCUT2D eigenvalue weighted by Gasteiger charge is -2.21. The van der Waals surface area contributed by atoms with Crippen LogP contribution >= 0.6 is 15.6 Å². The Morgan fingerprint density at radius 1 is 1.20 bits per heavy atom. The zero-order valence-electron chi connectivity index (χ0n) is 12.5. The van der Waals surface area contributed by atoms with E-state index in [2.05, 4.69) is 21.1 Å². The van der Waals surface area contributed by atoms with Gasteiger partial charge in [-0.2, -0.15) is 14.4 Å². The predicted molar refractivity (Wildman–Crippen MR) is 75.1 cm³/mol. The second-order valence-electron chi connectivity index (χ2n) is 4.25. The topological polar surface area (TPSA) is 92.3 Å². The van der Waals surface area contributed by atoms with E-state index in [-0.39, 0.29) is 12.6 Å². The van der Waals surface area contributed by atoms with Gasteiger partial charge in [-0.3, -0.25) is 13.6 Å². The molecule has 0 aliphatic heterocycles.